The van der Waals surface area contributed by atoms with Gasteiger partial charge in [-0.3, -0.25) is 14.5 Å². The maximum atomic E-state index is 14.4. The molecule has 140 valence electrons. The summed E-state index contributed by atoms with van der Waals surface area (Å²) in [4.78, 5) is 26.3. The molecule has 1 saturated heterocycles. The number of halogens is 2. The number of ketones is 1. The zero-order chi connectivity index (χ0) is 19.8. The predicted molar refractivity (Wildman–Crippen MR) is 96.3 cm³/mol. The largest absolute Gasteiger partial charge is 0.507 e. The Morgan fingerprint density at radius 2 is 1.75 bits per heavy atom. The second-order valence-corrected chi connectivity index (χ2v) is 6.15. The van der Waals surface area contributed by atoms with Crippen LogP contribution in [-0.2, 0) is 9.59 Å². The van der Waals surface area contributed by atoms with Gasteiger partial charge in [-0.1, -0.05) is 30.3 Å². The van der Waals surface area contributed by atoms with Crippen molar-refractivity contribution in [2.45, 2.75) is 6.04 Å². The highest BCUT2D eigenvalue weighted by atomic mass is 19.1. The Bertz CT molecular complexity index is 1090. The summed E-state index contributed by atoms with van der Waals surface area (Å²) in [6, 6.07) is 12.7. The van der Waals surface area contributed by atoms with E-state index < -0.39 is 35.1 Å². The molecule has 1 aromatic heterocycles. The second-order valence-electron chi connectivity index (χ2n) is 6.15. The Morgan fingerprint density at radius 1 is 1.00 bits per heavy atom. The van der Waals surface area contributed by atoms with Crippen molar-refractivity contribution in [3.8, 4) is 0 Å². The first-order valence-corrected chi connectivity index (χ1v) is 8.34. The van der Waals surface area contributed by atoms with Gasteiger partial charge in [-0.05, 0) is 24.3 Å². The standard InChI is InChI=1S/C21H13F2NO4/c22-13-8-9-15(14(23)11-13)24-18(16-7-4-10-28-16)17(20(26)21(24)27)19(25)12-5-2-1-3-6-12/h1-11,18,25H/b19-17-. The molecule has 0 bridgehead atoms. The third-order valence-electron chi connectivity index (χ3n) is 4.47. The van der Waals surface area contributed by atoms with Crippen molar-refractivity contribution in [2.75, 3.05) is 4.90 Å². The number of furan rings is 1. The Balaban J connectivity index is 1.95. The van der Waals surface area contributed by atoms with Gasteiger partial charge in [0.05, 0.1) is 17.5 Å². The van der Waals surface area contributed by atoms with Crippen molar-refractivity contribution < 1.29 is 27.9 Å². The lowest BCUT2D eigenvalue weighted by molar-refractivity contribution is -0.132. The molecule has 1 unspecified atom stereocenters. The lowest BCUT2D eigenvalue weighted by atomic mass is 9.99. The molecule has 28 heavy (non-hydrogen) atoms. The van der Waals surface area contributed by atoms with Crippen LogP contribution in [0.5, 0.6) is 0 Å². The van der Waals surface area contributed by atoms with Crippen LogP contribution in [0.4, 0.5) is 14.5 Å². The summed E-state index contributed by atoms with van der Waals surface area (Å²) in [6.07, 6.45) is 1.33. The minimum Gasteiger partial charge on any atom is -0.507 e. The van der Waals surface area contributed by atoms with E-state index in [4.69, 9.17) is 4.42 Å². The van der Waals surface area contributed by atoms with Crippen LogP contribution in [0.15, 0.2) is 76.9 Å². The summed E-state index contributed by atoms with van der Waals surface area (Å²) in [5.74, 6) is -4.14. The Kier molecular flexibility index (Phi) is 4.27. The monoisotopic (exact) mass is 381 g/mol. The molecule has 1 fully saturated rings. The summed E-state index contributed by atoms with van der Waals surface area (Å²) < 4.78 is 33.1. The molecule has 2 aromatic carbocycles. The molecule has 1 atom stereocenters. The van der Waals surface area contributed by atoms with Crippen LogP contribution in [0.2, 0.25) is 0 Å². The van der Waals surface area contributed by atoms with Crippen LogP contribution < -0.4 is 4.90 Å². The number of Topliss-reactive ketones (excluding diaryl/α,β-unsaturated/α-hetero) is 1. The molecule has 4 rings (SSSR count). The molecule has 1 aliphatic rings. The number of benzene rings is 2. The van der Waals surface area contributed by atoms with Gasteiger partial charge in [0, 0.05) is 11.6 Å². The first kappa shape index (κ1) is 17.7. The lowest BCUT2D eigenvalue weighted by Crippen LogP contribution is -2.30. The average Bonchev–Trinajstić information content (AvgIpc) is 3.30. The number of hydrogen-bond acceptors (Lipinski definition) is 4. The van der Waals surface area contributed by atoms with Gasteiger partial charge in [0.1, 0.15) is 29.2 Å². The Hall–Kier alpha value is -3.74. The van der Waals surface area contributed by atoms with E-state index in [9.17, 15) is 23.5 Å². The molecule has 0 saturated carbocycles. The fourth-order valence-electron chi connectivity index (χ4n) is 3.23. The van der Waals surface area contributed by atoms with Gasteiger partial charge >= 0.3 is 0 Å². The number of hydrogen-bond donors (Lipinski definition) is 1. The SMILES string of the molecule is O=C1C(=O)N(c2ccc(F)cc2F)C(c2ccco2)/C1=C(/O)c1ccccc1. The van der Waals surface area contributed by atoms with E-state index in [1.807, 2.05) is 0 Å². The molecule has 3 aromatic rings. The van der Waals surface area contributed by atoms with Crippen molar-refractivity contribution in [2.24, 2.45) is 0 Å². The van der Waals surface area contributed by atoms with Crippen LogP contribution in [0, 0.1) is 11.6 Å². The molecular formula is C21H13F2NO4. The maximum absolute atomic E-state index is 14.4. The van der Waals surface area contributed by atoms with E-state index in [0.717, 1.165) is 17.0 Å². The summed E-state index contributed by atoms with van der Waals surface area (Å²) in [5.41, 5.74) is -0.219. The number of aliphatic hydroxyl groups excluding tert-OH is 1. The quantitative estimate of drug-likeness (QED) is 0.420. The van der Waals surface area contributed by atoms with Crippen LogP contribution >= 0.6 is 0 Å². The summed E-state index contributed by atoms with van der Waals surface area (Å²) in [7, 11) is 0. The zero-order valence-corrected chi connectivity index (χ0v) is 14.3. The minimum absolute atomic E-state index is 0.153. The normalized spacial score (nSPS) is 18.6. The summed E-state index contributed by atoms with van der Waals surface area (Å²) in [5, 5.41) is 10.7. The van der Waals surface area contributed by atoms with Crippen LogP contribution in [0.1, 0.15) is 17.4 Å². The van der Waals surface area contributed by atoms with Gasteiger partial charge in [0.25, 0.3) is 11.7 Å². The van der Waals surface area contributed by atoms with Crippen molar-refractivity contribution in [3.63, 3.8) is 0 Å². The van der Waals surface area contributed by atoms with Crippen molar-refractivity contribution >= 4 is 23.1 Å². The lowest BCUT2D eigenvalue weighted by Gasteiger charge is -2.23. The zero-order valence-electron chi connectivity index (χ0n) is 14.3. The first-order valence-electron chi connectivity index (χ1n) is 8.34. The topological polar surface area (TPSA) is 70.8 Å². The van der Waals surface area contributed by atoms with Crippen LogP contribution in [0.3, 0.4) is 0 Å². The number of aliphatic hydroxyl groups is 1. The van der Waals surface area contributed by atoms with Crippen molar-refractivity contribution in [3.05, 3.63) is 95.5 Å². The molecule has 0 aliphatic carbocycles. The highest BCUT2D eigenvalue weighted by Crippen LogP contribution is 2.43. The van der Waals surface area contributed by atoms with Gasteiger partial charge in [-0.25, -0.2) is 8.78 Å². The number of anilines is 1. The van der Waals surface area contributed by atoms with Crippen LogP contribution in [0.25, 0.3) is 5.76 Å². The number of carbonyl (C=O) groups is 2. The van der Waals surface area contributed by atoms with Crippen molar-refractivity contribution in [1.29, 1.82) is 0 Å². The summed E-state index contributed by atoms with van der Waals surface area (Å²) >= 11 is 0. The first-order chi connectivity index (χ1) is 13.5. The third-order valence-corrected chi connectivity index (χ3v) is 4.47. The molecule has 1 amide bonds. The number of nitrogens with zero attached hydrogens (tertiary/aromatic N) is 1. The van der Waals surface area contributed by atoms with Gasteiger partial charge < -0.3 is 9.52 Å². The van der Waals surface area contributed by atoms with Gasteiger partial charge in [0.15, 0.2) is 0 Å². The molecule has 2 heterocycles. The maximum Gasteiger partial charge on any atom is 0.300 e. The van der Waals surface area contributed by atoms with Gasteiger partial charge in [-0.2, -0.15) is 0 Å². The minimum atomic E-state index is -1.20. The van der Waals surface area contributed by atoms with E-state index in [2.05, 4.69) is 0 Å². The highest BCUT2D eigenvalue weighted by molar-refractivity contribution is 6.51. The molecule has 1 N–H and O–H groups in total. The number of carbonyl (C=O) groups excluding carboxylic acids is 2. The van der Waals surface area contributed by atoms with Gasteiger partial charge in [0.2, 0.25) is 0 Å². The van der Waals surface area contributed by atoms with Crippen LogP contribution in [-0.4, -0.2) is 16.8 Å². The molecule has 1 aliphatic heterocycles. The summed E-state index contributed by atoms with van der Waals surface area (Å²) in [6.45, 7) is 0. The van der Waals surface area contributed by atoms with E-state index in [1.165, 1.54) is 12.3 Å². The second kappa shape index (κ2) is 6.77. The fourth-order valence-corrected chi connectivity index (χ4v) is 3.23. The Labute approximate surface area is 158 Å². The molecule has 0 radical (unpaired) electrons. The predicted octanol–water partition coefficient (Wildman–Crippen LogP) is 4.18. The third kappa shape index (κ3) is 2.77. The Morgan fingerprint density at radius 3 is 2.39 bits per heavy atom. The smallest absolute Gasteiger partial charge is 0.300 e. The highest BCUT2D eigenvalue weighted by Gasteiger charge is 2.49. The van der Waals surface area contributed by atoms with E-state index in [-0.39, 0.29) is 17.0 Å². The molecular weight excluding hydrogens is 368 g/mol. The van der Waals surface area contributed by atoms with E-state index in [1.54, 1.807) is 36.4 Å². The average molecular weight is 381 g/mol. The molecule has 5 nitrogen and oxygen atoms in total. The molecule has 7 heteroatoms. The van der Waals surface area contributed by atoms with E-state index >= 15 is 0 Å². The number of rotatable bonds is 3. The van der Waals surface area contributed by atoms with E-state index in [0.29, 0.717) is 11.6 Å². The van der Waals surface area contributed by atoms with Gasteiger partial charge in [-0.15, -0.1) is 0 Å². The molecule has 0 spiro atoms. The van der Waals surface area contributed by atoms with Crippen molar-refractivity contribution in [1.82, 2.24) is 0 Å². The fraction of sp³-hybridized carbons (Fsp3) is 0.0476. The number of amides is 1.